The number of rotatable bonds is 4. The zero-order valence-corrected chi connectivity index (χ0v) is 13.5. The molecule has 0 saturated heterocycles. The Kier molecular flexibility index (Phi) is 3.96. The van der Waals surface area contributed by atoms with Crippen LogP contribution in [0.25, 0.3) is 16.8 Å². The number of hydrogen-bond donors (Lipinski definition) is 1. The Morgan fingerprint density at radius 1 is 1.00 bits per heavy atom. The molecule has 2 heterocycles. The molecule has 0 aliphatic carbocycles. The first-order valence-corrected chi connectivity index (χ1v) is 8.01. The number of fused-ring (bicyclic) bond motifs is 1. The highest BCUT2D eigenvalue weighted by Crippen LogP contribution is 2.20. The largest absolute Gasteiger partial charge is 0.346 e. The molecule has 25 heavy (non-hydrogen) atoms. The van der Waals surface area contributed by atoms with Gasteiger partial charge in [-0.3, -0.25) is 14.2 Å². The third-order valence-corrected chi connectivity index (χ3v) is 4.06. The number of imidazole rings is 1. The molecule has 122 valence electrons. The van der Waals surface area contributed by atoms with Crippen LogP contribution >= 0.6 is 0 Å². The predicted octanol–water partition coefficient (Wildman–Crippen LogP) is 3.33. The Labute approximate surface area is 145 Å². The molecule has 0 spiro atoms. The van der Waals surface area contributed by atoms with Crippen LogP contribution in [-0.2, 0) is 6.54 Å². The fraction of sp³-hybridized carbons (Fsp3) is 0.0500. The number of carbonyl (C=O) groups is 1. The average molecular weight is 328 g/mol. The lowest BCUT2D eigenvalue weighted by Crippen LogP contribution is -2.23. The second-order valence-corrected chi connectivity index (χ2v) is 5.68. The maximum atomic E-state index is 12.5. The Bertz CT molecular complexity index is 1020. The molecule has 0 atom stereocenters. The van der Waals surface area contributed by atoms with Crippen molar-refractivity contribution in [3.8, 4) is 11.1 Å². The molecule has 0 bridgehead atoms. The van der Waals surface area contributed by atoms with Crippen molar-refractivity contribution in [3.63, 3.8) is 0 Å². The summed E-state index contributed by atoms with van der Waals surface area (Å²) < 4.78 is 1.91. The summed E-state index contributed by atoms with van der Waals surface area (Å²) in [6.07, 6.45) is 6.97. The van der Waals surface area contributed by atoms with Crippen LogP contribution in [0, 0.1) is 0 Å². The van der Waals surface area contributed by atoms with Gasteiger partial charge in [0.25, 0.3) is 5.91 Å². The molecule has 0 saturated carbocycles. The number of hydrogen-bond acceptors (Lipinski definition) is 3. The van der Waals surface area contributed by atoms with Gasteiger partial charge in [0.2, 0.25) is 0 Å². The second kappa shape index (κ2) is 6.57. The van der Waals surface area contributed by atoms with E-state index in [1.165, 1.54) is 0 Å². The van der Waals surface area contributed by atoms with Crippen molar-refractivity contribution in [1.29, 1.82) is 0 Å². The monoisotopic (exact) mass is 328 g/mol. The number of nitrogens with one attached hydrogen (secondary N) is 1. The van der Waals surface area contributed by atoms with Crippen molar-refractivity contribution in [2.24, 2.45) is 0 Å². The van der Waals surface area contributed by atoms with Crippen LogP contribution in [-0.4, -0.2) is 20.3 Å². The lowest BCUT2D eigenvalue weighted by atomic mass is 10.0. The Morgan fingerprint density at radius 3 is 2.72 bits per heavy atom. The predicted molar refractivity (Wildman–Crippen MR) is 96.0 cm³/mol. The summed E-state index contributed by atoms with van der Waals surface area (Å²) in [4.78, 5) is 20.8. The smallest absolute Gasteiger partial charge is 0.251 e. The molecular formula is C20H16N4O. The van der Waals surface area contributed by atoms with Crippen molar-refractivity contribution in [2.45, 2.75) is 6.54 Å². The van der Waals surface area contributed by atoms with Gasteiger partial charge < -0.3 is 5.32 Å². The second-order valence-electron chi connectivity index (χ2n) is 5.68. The summed E-state index contributed by atoms with van der Waals surface area (Å²) >= 11 is 0. The summed E-state index contributed by atoms with van der Waals surface area (Å²) in [5.74, 6) is -0.109. The van der Waals surface area contributed by atoms with E-state index in [1.54, 1.807) is 18.6 Å². The van der Waals surface area contributed by atoms with Crippen LogP contribution in [0.1, 0.15) is 16.1 Å². The van der Waals surface area contributed by atoms with Crippen LogP contribution in [0.5, 0.6) is 0 Å². The van der Waals surface area contributed by atoms with Gasteiger partial charge in [0, 0.05) is 18.0 Å². The Hall–Kier alpha value is -3.47. The van der Waals surface area contributed by atoms with Crippen molar-refractivity contribution < 1.29 is 4.79 Å². The van der Waals surface area contributed by atoms with Crippen molar-refractivity contribution in [3.05, 3.63) is 90.6 Å². The SMILES string of the molecule is O=C(NCc1cnc2cnccn12)c1cccc(-c2ccccc2)c1. The van der Waals surface area contributed by atoms with Crippen LogP contribution in [0.15, 0.2) is 79.4 Å². The van der Waals surface area contributed by atoms with Crippen molar-refractivity contribution in [1.82, 2.24) is 19.7 Å². The zero-order valence-electron chi connectivity index (χ0n) is 13.5. The summed E-state index contributed by atoms with van der Waals surface area (Å²) in [7, 11) is 0. The number of benzene rings is 2. The minimum absolute atomic E-state index is 0.109. The fourth-order valence-corrected chi connectivity index (χ4v) is 2.77. The minimum Gasteiger partial charge on any atom is -0.346 e. The first-order chi connectivity index (χ1) is 12.3. The van der Waals surface area contributed by atoms with E-state index in [0.29, 0.717) is 12.1 Å². The average Bonchev–Trinajstić information content (AvgIpc) is 3.10. The Balaban J connectivity index is 1.52. The van der Waals surface area contributed by atoms with Crippen LogP contribution in [0.2, 0.25) is 0 Å². The number of aromatic nitrogens is 3. The molecule has 1 amide bonds. The molecule has 0 radical (unpaired) electrons. The van der Waals surface area contributed by atoms with Gasteiger partial charge in [-0.25, -0.2) is 4.98 Å². The van der Waals surface area contributed by atoms with E-state index in [0.717, 1.165) is 22.5 Å². The molecule has 2 aromatic carbocycles. The maximum Gasteiger partial charge on any atom is 0.251 e. The van der Waals surface area contributed by atoms with Gasteiger partial charge in [0.15, 0.2) is 5.65 Å². The molecule has 2 aromatic heterocycles. The van der Waals surface area contributed by atoms with E-state index in [-0.39, 0.29) is 5.91 Å². The molecule has 4 rings (SSSR count). The van der Waals surface area contributed by atoms with E-state index in [4.69, 9.17) is 0 Å². The molecule has 4 aromatic rings. The van der Waals surface area contributed by atoms with Crippen LogP contribution in [0.4, 0.5) is 0 Å². The van der Waals surface area contributed by atoms with Crippen LogP contribution in [0.3, 0.4) is 0 Å². The van der Waals surface area contributed by atoms with E-state index >= 15 is 0 Å². The molecule has 1 N–H and O–H groups in total. The molecular weight excluding hydrogens is 312 g/mol. The van der Waals surface area contributed by atoms with Crippen molar-refractivity contribution in [2.75, 3.05) is 0 Å². The standard InChI is InChI=1S/C20H16N4O/c25-20(23-13-18-12-22-19-14-21-9-10-24(18)19)17-8-4-7-16(11-17)15-5-2-1-3-6-15/h1-12,14H,13H2,(H,23,25). The van der Waals surface area contributed by atoms with Gasteiger partial charge >= 0.3 is 0 Å². The molecule has 0 aliphatic heterocycles. The fourth-order valence-electron chi connectivity index (χ4n) is 2.77. The summed E-state index contributed by atoms with van der Waals surface area (Å²) in [6.45, 7) is 0.402. The van der Waals surface area contributed by atoms with E-state index in [1.807, 2.05) is 65.2 Å². The first kappa shape index (κ1) is 15.1. The first-order valence-electron chi connectivity index (χ1n) is 8.01. The van der Waals surface area contributed by atoms with E-state index in [2.05, 4.69) is 15.3 Å². The minimum atomic E-state index is -0.109. The van der Waals surface area contributed by atoms with Gasteiger partial charge in [-0.2, -0.15) is 0 Å². The highest BCUT2D eigenvalue weighted by atomic mass is 16.1. The van der Waals surface area contributed by atoms with Gasteiger partial charge in [-0.05, 0) is 23.3 Å². The van der Waals surface area contributed by atoms with Gasteiger partial charge in [0.05, 0.1) is 24.6 Å². The topological polar surface area (TPSA) is 59.3 Å². The Morgan fingerprint density at radius 2 is 1.84 bits per heavy atom. The third kappa shape index (κ3) is 3.12. The molecule has 0 aliphatic rings. The summed E-state index contributed by atoms with van der Waals surface area (Å²) in [5, 5.41) is 2.95. The molecule has 0 fully saturated rings. The normalized spacial score (nSPS) is 10.7. The quantitative estimate of drug-likeness (QED) is 0.625. The maximum absolute atomic E-state index is 12.5. The molecule has 5 heteroatoms. The van der Waals surface area contributed by atoms with Gasteiger partial charge in [-0.15, -0.1) is 0 Å². The summed E-state index contributed by atoms with van der Waals surface area (Å²) in [5.41, 5.74) is 4.42. The van der Waals surface area contributed by atoms with Crippen molar-refractivity contribution >= 4 is 11.6 Å². The lowest BCUT2D eigenvalue weighted by molar-refractivity contribution is 0.0950. The zero-order chi connectivity index (χ0) is 17.1. The number of nitrogens with zero attached hydrogens (tertiary/aromatic N) is 3. The van der Waals surface area contributed by atoms with Crippen LogP contribution < -0.4 is 5.32 Å². The summed E-state index contributed by atoms with van der Waals surface area (Å²) in [6, 6.07) is 17.6. The van der Waals surface area contributed by atoms with E-state index in [9.17, 15) is 4.79 Å². The van der Waals surface area contributed by atoms with Gasteiger partial charge in [0.1, 0.15) is 0 Å². The third-order valence-electron chi connectivity index (χ3n) is 4.06. The molecule has 0 unspecified atom stereocenters. The highest BCUT2D eigenvalue weighted by Gasteiger charge is 2.09. The number of amides is 1. The molecule has 5 nitrogen and oxygen atoms in total. The lowest BCUT2D eigenvalue weighted by Gasteiger charge is -2.07. The highest BCUT2D eigenvalue weighted by molar-refractivity contribution is 5.95. The van der Waals surface area contributed by atoms with E-state index < -0.39 is 0 Å². The van der Waals surface area contributed by atoms with Gasteiger partial charge in [-0.1, -0.05) is 42.5 Å². The number of carbonyl (C=O) groups excluding carboxylic acids is 1.